The highest BCUT2D eigenvalue weighted by Gasteiger charge is 2.32. The van der Waals surface area contributed by atoms with Crippen molar-refractivity contribution in [3.05, 3.63) is 23.8 Å². The van der Waals surface area contributed by atoms with Crippen molar-refractivity contribution in [2.75, 3.05) is 24.4 Å². The van der Waals surface area contributed by atoms with Crippen molar-refractivity contribution in [2.24, 2.45) is 22.0 Å². The van der Waals surface area contributed by atoms with Crippen LogP contribution in [0.4, 0.5) is 5.69 Å². The molecule has 3 aliphatic rings. The Morgan fingerprint density at radius 1 is 1.33 bits per heavy atom. The normalized spacial score (nSPS) is 25.5. The maximum atomic E-state index is 12.5. The number of benzene rings is 1. The number of nitrogens with zero attached hydrogens (tertiary/aromatic N) is 2. The van der Waals surface area contributed by atoms with Gasteiger partial charge in [0.1, 0.15) is 5.75 Å². The largest absolute Gasteiger partial charge is 0.492 e. The minimum Gasteiger partial charge on any atom is -0.492 e. The van der Waals surface area contributed by atoms with E-state index in [1.165, 1.54) is 0 Å². The van der Waals surface area contributed by atoms with E-state index in [1.54, 1.807) is 18.2 Å². The molecule has 0 spiro atoms. The van der Waals surface area contributed by atoms with Crippen LogP contribution in [0, 0.1) is 11.8 Å². The fourth-order valence-corrected chi connectivity index (χ4v) is 4.75. The van der Waals surface area contributed by atoms with Crippen LogP contribution in [0.2, 0.25) is 0 Å². The van der Waals surface area contributed by atoms with E-state index in [0.717, 1.165) is 45.2 Å². The van der Waals surface area contributed by atoms with Gasteiger partial charge in [-0.25, -0.2) is 0 Å². The van der Waals surface area contributed by atoms with Crippen molar-refractivity contribution in [3.8, 4) is 5.75 Å². The lowest BCUT2D eigenvalue weighted by Crippen LogP contribution is -2.45. The van der Waals surface area contributed by atoms with Crippen LogP contribution < -0.4 is 15.2 Å². The smallest absolute Gasteiger partial charge is 0.225 e. The van der Waals surface area contributed by atoms with Gasteiger partial charge in [-0.3, -0.25) is 18.6 Å². The SMILES string of the molecule is NC1=NS(O)(O)Nc2cccc(OCC3CCCN(C(=O)C4CCC4)C3)c21. The summed E-state index contributed by atoms with van der Waals surface area (Å²) < 4.78 is 31.8. The Hall–Kier alpha value is -1.97. The first-order chi connectivity index (χ1) is 12.9. The third-order valence-electron chi connectivity index (χ3n) is 5.51. The van der Waals surface area contributed by atoms with Crippen molar-refractivity contribution < 1.29 is 18.6 Å². The quantitative estimate of drug-likeness (QED) is 0.623. The summed E-state index contributed by atoms with van der Waals surface area (Å²) >= 11 is 0. The fraction of sp³-hybridized carbons (Fsp3) is 0.556. The number of rotatable bonds is 4. The predicted octanol–water partition coefficient (Wildman–Crippen LogP) is 2.82. The fourth-order valence-electron chi connectivity index (χ4n) is 3.88. The number of nitrogens with one attached hydrogen (secondary N) is 1. The second-order valence-electron chi connectivity index (χ2n) is 7.51. The standard InChI is InChI=1S/C18H26N4O4S/c19-17-16-14(20-27(24,25)21-17)7-2-8-15(16)26-11-12-4-3-9-22(10-12)18(23)13-5-1-6-13/h2,7-8,12-13,20,24-25H,1,3-6,9-11H2,(H2,19,21). The van der Waals surface area contributed by atoms with Gasteiger partial charge < -0.3 is 15.4 Å². The lowest BCUT2D eigenvalue weighted by Gasteiger charge is -2.37. The topological polar surface area (TPSA) is 120 Å². The van der Waals surface area contributed by atoms with Gasteiger partial charge in [-0.15, -0.1) is 4.40 Å². The molecule has 27 heavy (non-hydrogen) atoms. The highest BCUT2D eigenvalue weighted by Crippen LogP contribution is 2.46. The van der Waals surface area contributed by atoms with Gasteiger partial charge in [0.25, 0.3) is 0 Å². The predicted molar refractivity (Wildman–Crippen MR) is 106 cm³/mol. The average Bonchev–Trinajstić information content (AvgIpc) is 2.57. The molecule has 1 atom stereocenters. The monoisotopic (exact) mass is 394 g/mol. The van der Waals surface area contributed by atoms with Crippen molar-refractivity contribution in [1.29, 1.82) is 0 Å². The van der Waals surface area contributed by atoms with Crippen LogP contribution in [-0.4, -0.2) is 45.4 Å². The lowest BCUT2D eigenvalue weighted by atomic mass is 9.83. The number of ether oxygens (including phenoxy) is 1. The summed E-state index contributed by atoms with van der Waals surface area (Å²) in [6, 6.07) is 5.26. The van der Waals surface area contributed by atoms with Gasteiger partial charge >= 0.3 is 0 Å². The molecule has 0 aromatic heterocycles. The van der Waals surface area contributed by atoms with Crippen molar-refractivity contribution >= 4 is 28.4 Å². The highest BCUT2D eigenvalue weighted by atomic mass is 32.3. The Kier molecular flexibility index (Phi) is 4.92. The molecule has 1 aliphatic carbocycles. The summed E-state index contributed by atoms with van der Waals surface area (Å²) in [5, 5.41) is 0. The van der Waals surface area contributed by atoms with Crippen LogP contribution in [0.15, 0.2) is 22.6 Å². The van der Waals surface area contributed by atoms with Gasteiger partial charge in [0.05, 0.1) is 17.9 Å². The lowest BCUT2D eigenvalue weighted by molar-refractivity contribution is -0.140. The Balaban J connectivity index is 1.41. The Morgan fingerprint density at radius 2 is 2.15 bits per heavy atom. The van der Waals surface area contributed by atoms with E-state index in [0.29, 0.717) is 29.5 Å². The number of carbonyl (C=O) groups is 1. The molecule has 4 rings (SSSR count). The van der Waals surface area contributed by atoms with E-state index in [4.69, 9.17) is 10.5 Å². The van der Waals surface area contributed by atoms with Gasteiger partial charge in [-0.2, -0.15) is 0 Å². The van der Waals surface area contributed by atoms with Gasteiger partial charge in [-0.05, 0) is 48.8 Å². The molecule has 8 nitrogen and oxygen atoms in total. The molecule has 2 aliphatic heterocycles. The number of hydrogen-bond donors (Lipinski definition) is 4. The molecule has 148 valence electrons. The molecule has 1 unspecified atom stereocenters. The zero-order valence-corrected chi connectivity index (χ0v) is 16.0. The van der Waals surface area contributed by atoms with Gasteiger partial charge in [0.2, 0.25) is 5.91 Å². The van der Waals surface area contributed by atoms with Crippen molar-refractivity contribution in [1.82, 2.24) is 4.90 Å². The van der Waals surface area contributed by atoms with Crippen LogP contribution in [0.1, 0.15) is 37.7 Å². The molecule has 2 fully saturated rings. The summed E-state index contributed by atoms with van der Waals surface area (Å²) in [5.74, 6) is 1.40. The molecule has 0 radical (unpaired) electrons. The van der Waals surface area contributed by atoms with E-state index in [9.17, 15) is 13.9 Å². The number of anilines is 1. The number of likely N-dealkylation sites (tertiary alicyclic amines) is 1. The number of nitrogens with two attached hydrogens (primary N) is 1. The molecule has 9 heteroatoms. The highest BCUT2D eigenvalue weighted by molar-refractivity contribution is 8.24. The molecular formula is C18H26N4O4S. The number of piperidine rings is 1. The van der Waals surface area contributed by atoms with Gasteiger partial charge in [0, 0.05) is 24.9 Å². The second kappa shape index (κ2) is 7.21. The maximum absolute atomic E-state index is 12.5. The Bertz CT molecular complexity index is 766. The zero-order valence-electron chi connectivity index (χ0n) is 15.1. The van der Waals surface area contributed by atoms with E-state index >= 15 is 0 Å². The van der Waals surface area contributed by atoms with E-state index in [-0.39, 0.29) is 17.7 Å². The molecule has 0 bridgehead atoms. The first-order valence-corrected chi connectivity index (χ1v) is 10.9. The van der Waals surface area contributed by atoms with Crippen LogP contribution in [-0.2, 0) is 4.79 Å². The zero-order chi connectivity index (χ0) is 19.0. The number of carbonyl (C=O) groups excluding carboxylic acids is 1. The van der Waals surface area contributed by atoms with Crippen LogP contribution in [0.25, 0.3) is 0 Å². The van der Waals surface area contributed by atoms with Gasteiger partial charge in [-0.1, -0.05) is 12.5 Å². The van der Waals surface area contributed by atoms with E-state index < -0.39 is 11.0 Å². The minimum absolute atomic E-state index is 0.0461. The van der Waals surface area contributed by atoms with Gasteiger partial charge in [0.15, 0.2) is 5.84 Å². The molecule has 1 saturated carbocycles. The van der Waals surface area contributed by atoms with E-state index in [1.807, 2.05) is 4.90 Å². The third kappa shape index (κ3) is 3.85. The summed E-state index contributed by atoms with van der Waals surface area (Å²) in [4.78, 5) is 14.5. The number of amidine groups is 1. The second-order valence-corrected chi connectivity index (χ2v) is 8.93. The number of amides is 1. The Labute approximate surface area is 160 Å². The van der Waals surface area contributed by atoms with E-state index in [2.05, 4.69) is 9.12 Å². The van der Waals surface area contributed by atoms with Crippen LogP contribution in [0.5, 0.6) is 5.75 Å². The van der Waals surface area contributed by atoms with Crippen LogP contribution >= 0.6 is 11.0 Å². The van der Waals surface area contributed by atoms with Crippen molar-refractivity contribution in [3.63, 3.8) is 0 Å². The molecule has 1 saturated heterocycles. The Morgan fingerprint density at radius 3 is 2.89 bits per heavy atom. The molecular weight excluding hydrogens is 368 g/mol. The van der Waals surface area contributed by atoms with Crippen molar-refractivity contribution in [2.45, 2.75) is 32.1 Å². The van der Waals surface area contributed by atoms with Crippen LogP contribution in [0.3, 0.4) is 0 Å². The molecule has 1 amide bonds. The summed E-state index contributed by atoms with van der Waals surface area (Å²) in [5.41, 5.74) is 6.96. The molecule has 2 heterocycles. The number of hydrogen-bond acceptors (Lipinski definition) is 7. The summed E-state index contributed by atoms with van der Waals surface area (Å²) in [6.07, 6.45) is 5.23. The molecule has 1 aromatic rings. The first-order valence-electron chi connectivity index (χ1n) is 9.39. The molecule has 5 N–H and O–H groups in total. The minimum atomic E-state index is -3.31. The first kappa shape index (κ1) is 18.4. The number of fused-ring (bicyclic) bond motifs is 1. The summed E-state index contributed by atoms with van der Waals surface area (Å²) in [7, 11) is -3.31. The third-order valence-corrected chi connectivity index (χ3v) is 6.46. The average molecular weight is 394 g/mol. The molecule has 1 aromatic carbocycles. The summed E-state index contributed by atoms with van der Waals surface area (Å²) in [6.45, 7) is 2.05. The maximum Gasteiger partial charge on any atom is 0.225 e.